The number of benzene rings is 2. The van der Waals surface area contributed by atoms with E-state index in [1.165, 1.54) is 29.3 Å². The van der Waals surface area contributed by atoms with Crippen molar-refractivity contribution in [3.05, 3.63) is 66.2 Å². The predicted molar refractivity (Wildman–Crippen MR) is 117 cm³/mol. The number of amides is 1. The van der Waals surface area contributed by atoms with Crippen LogP contribution in [-0.4, -0.2) is 33.4 Å². The fourth-order valence-corrected chi connectivity index (χ4v) is 3.83. The number of ether oxygens (including phenoxy) is 1. The van der Waals surface area contributed by atoms with Crippen molar-refractivity contribution in [3.8, 4) is 16.9 Å². The summed E-state index contributed by atoms with van der Waals surface area (Å²) in [6.45, 7) is 3.02. The summed E-state index contributed by atoms with van der Waals surface area (Å²) in [6, 6.07) is 10.3. The summed E-state index contributed by atoms with van der Waals surface area (Å²) in [5.41, 5.74) is 7.68. The molecule has 1 amide bonds. The number of carbonyl (C=O) groups is 1. The van der Waals surface area contributed by atoms with Crippen LogP contribution >= 0.6 is 0 Å². The van der Waals surface area contributed by atoms with Crippen LogP contribution in [0.1, 0.15) is 29.0 Å². The summed E-state index contributed by atoms with van der Waals surface area (Å²) in [4.78, 5) is 17.3. The number of nitrogens with zero attached hydrogens (tertiary/aromatic N) is 3. The van der Waals surface area contributed by atoms with Crippen molar-refractivity contribution in [1.82, 2.24) is 14.6 Å². The van der Waals surface area contributed by atoms with E-state index in [-0.39, 0.29) is 22.4 Å². The topological polar surface area (TPSA) is 99.4 Å². The molecule has 10 heteroatoms. The molecule has 1 saturated carbocycles. The third-order valence-corrected chi connectivity index (χ3v) is 5.86. The van der Waals surface area contributed by atoms with Gasteiger partial charge in [-0.1, -0.05) is 18.2 Å². The Hall–Kier alpha value is -3.53. The highest BCUT2D eigenvalue weighted by Gasteiger charge is 2.45. The van der Waals surface area contributed by atoms with Gasteiger partial charge in [-0.15, -0.1) is 13.2 Å². The van der Waals surface area contributed by atoms with Gasteiger partial charge in [-0.25, -0.2) is 10.8 Å². The van der Waals surface area contributed by atoms with Gasteiger partial charge in [0.05, 0.1) is 5.56 Å². The van der Waals surface area contributed by atoms with Crippen LogP contribution in [0.2, 0.25) is 0 Å². The minimum absolute atomic E-state index is 0.101. The van der Waals surface area contributed by atoms with Crippen LogP contribution in [0.25, 0.3) is 11.1 Å². The van der Waals surface area contributed by atoms with Crippen molar-refractivity contribution in [3.63, 3.8) is 0 Å². The molecule has 0 spiro atoms. The molecule has 4 rings (SSSR count). The van der Waals surface area contributed by atoms with Gasteiger partial charge in [-0.2, -0.15) is 0 Å². The molecule has 1 heterocycles. The molecule has 33 heavy (non-hydrogen) atoms. The van der Waals surface area contributed by atoms with E-state index in [4.69, 9.17) is 11.6 Å². The van der Waals surface area contributed by atoms with E-state index in [0.717, 1.165) is 25.2 Å². The maximum absolute atomic E-state index is 13.1. The molecule has 0 radical (unpaired) electrons. The van der Waals surface area contributed by atoms with Gasteiger partial charge in [0.1, 0.15) is 11.6 Å². The molecule has 2 aromatic carbocycles. The summed E-state index contributed by atoms with van der Waals surface area (Å²) < 4.78 is 43.1. The van der Waals surface area contributed by atoms with Crippen molar-refractivity contribution in [2.24, 2.45) is 11.3 Å². The SMILES string of the molecule is Cc1nccn1CC1(CN(N)C(=O)c2cc(-c3ccc(OC(F)(F)F)cc3)ccc2N)CC1. The standard InChI is InChI=1S/C23H24F3N5O2/c1-15-29-10-11-30(15)13-22(8-9-22)14-31(28)21(32)19-12-17(4-7-20(19)27)16-2-5-18(6-3-16)33-23(24,25)26/h2-7,10-12H,8-9,13-14,27-28H2,1H3. The lowest BCUT2D eigenvalue weighted by Crippen LogP contribution is -2.42. The maximum atomic E-state index is 13.1. The number of hydrogen-bond acceptors (Lipinski definition) is 5. The molecule has 0 atom stereocenters. The Balaban J connectivity index is 1.49. The zero-order chi connectivity index (χ0) is 23.8. The van der Waals surface area contributed by atoms with Gasteiger partial charge in [-0.3, -0.25) is 9.80 Å². The van der Waals surface area contributed by atoms with E-state index < -0.39 is 12.3 Å². The Bertz CT molecular complexity index is 1150. The number of aryl methyl sites for hydroxylation is 1. The summed E-state index contributed by atoms with van der Waals surface area (Å²) in [7, 11) is 0. The van der Waals surface area contributed by atoms with Crippen molar-refractivity contribution in [1.29, 1.82) is 0 Å². The predicted octanol–water partition coefficient (Wildman–Crippen LogP) is 4.14. The molecule has 174 valence electrons. The van der Waals surface area contributed by atoms with Crippen LogP contribution in [0, 0.1) is 12.3 Å². The number of nitrogen functional groups attached to an aromatic ring is 1. The number of aromatic nitrogens is 2. The van der Waals surface area contributed by atoms with E-state index in [1.807, 2.05) is 17.7 Å². The zero-order valence-corrected chi connectivity index (χ0v) is 18.0. The van der Waals surface area contributed by atoms with E-state index in [9.17, 15) is 18.0 Å². The quantitative estimate of drug-likeness (QED) is 0.240. The van der Waals surface area contributed by atoms with Gasteiger partial charge in [0.25, 0.3) is 5.91 Å². The van der Waals surface area contributed by atoms with Crippen molar-refractivity contribution in [2.75, 3.05) is 12.3 Å². The highest BCUT2D eigenvalue weighted by atomic mass is 19.4. The highest BCUT2D eigenvalue weighted by molar-refractivity contribution is 6.00. The van der Waals surface area contributed by atoms with Crippen molar-refractivity contribution < 1.29 is 22.7 Å². The van der Waals surface area contributed by atoms with Crippen LogP contribution < -0.4 is 16.3 Å². The van der Waals surface area contributed by atoms with E-state index >= 15 is 0 Å². The summed E-state index contributed by atoms with van der Waals surface area (Å²) in [5.74, 6) is 6.32. The third kappa shape index (κ3) is 5.28. The van der Waals surface area contributed by atoms with Gasteiger partial charge < -0.3 is 15.0 Å². The summed E-state index contributed by atoms with van der Waals surface area (Å²) in [5, 5.41) is 1.19. The fraction of sp³-hybridized carbons (Fsp3) is 0.304. The number of hydrazine groups is 1. The van der Waals surface area contributed by atoms with Crippen LogP contribution in [0.3, 0.4) is 0 Å². The minimum Gasteiger partial charge on any atom is -0.406 e. The van der Waals surface area contributed by atoms with E-state index in [2.05, 4.69) is 9.72 Å². The number of rotatable bonds is 7. The molecule has 1 aliphatic rings. The molecule has 1 aliphatic carbocycles. The second-order valence-electron chi connectivity index (χ2n) is 8.41. The fourth-order valence-electron chi connectivity index (χ4n) is 3.83. The summed E-state index contributed by atoms with van der Waals surface area (Å²) in [6.07, 6.45) is 0.790. The zero-order valence-electron chi connectivity index (χ0n) is 18.0. The molecule has 0 aliphatic heterocycles. The molecule has 0 unspecified atom stereocenters. The van der Waals surface area contributed by atoms with Gasteiger partial charge in [-0.05, 0) is 55.2 Å². The molecular formula is C23H24F3N5O2. The molecule has 3 aromatic rings. The number of nitrogens with two attached hydrogens (primary N) is 2. The molecule has 4 N–H and O–H groups in total. The van der Waals surface area contributed by atoms with Crippen LogP contribution in [-0.2, 0) is 6.54 Å². The first kappa shape index (κ1) is 22.7. The Morgan fingerprint density at radius 3 is 2.42 bits per heavy atom. The van der Waals surface area contributed by atoms with Crippen LogP contribution in [0.4, 0.5) is 18.9 Å². The largest absolute Gasteiger partial charge is 0.573 e. The normalized spacial score (nSPS) is 14.7. The molecule has 7 nitrogen and oxygen atoms in total. The highest BCUT2D eigenvalue weighted by Crippen LogP contribution is 2.47. The number of hydrogen-bond donors (Lipinski definition) is 2. The lowest BCUT2D eigenvalue weighted by atomic mass is 10.0. The van der Waals surface area contributed by atoms with Gasteiger partial charge in [0.2, 0.25) is 0 Å². The number of alkyl halides is 3. The lowest BCUT2D eigenvalue weighted by Gasteiger charge is -2.25. The average Bonchev–Trinajstić information content (AvgIpc) is 3.39. The average molecular weight is 459 g/mol. The Morgan fingerprint density at radius 1 is 1.18 bits per heavy atom. The number of imidazole rings is 1. The van der Waals surface area contributed by atoms with Crippen molar-refractivity contribution in [2.45, 2.75) is 32.7 Å². The Morgan fingerprint density at radius 2 is 1.85 bits per heavy atom. The molecular weight excluding hydrogens is 435 g/mol. The van der Waals surface area contributed by atoms with Crippen LogP contribution in [0.5, 0.6) is 5.75 Å². The monoisotopic (exact) mass is 459 g/mol. The smallest absolute Gasteiger partial charge is 0.406 e. The Kier molecular flexibility index (Phi) is 5.79. The number of carbonyl (C=O) groups excluding carboxylic acids is 1. The number of anilines is 1. The van der Waals surface area contributed by atoms with Gasteiger partial charge >= 0.3 is 6.36 Å². The van der Waals surface area contributed by atoms with Crippen LogP contribution in [0.15, 0.2) is 54.9 Å². The lowest BCUT2D eigenvalue weighted by molar-refractivity contribution is -0.274. The second kappa shape index (κ2) is 8.43. The van der Waals surface area contributed by atoms with E-state index in [0.29, 0.717) is 17.7 Å². The Labute approximate surface area is 188 Å². The van der Waals surface area contributed by atoms with Crippen molar-refractivity contribution >= 4 is 11.6 Å². The summed E-state index contributed by atoms with van der Waals surface area (Å²) >= 11 is 0. The van der Waals surface area contributed by atoms with Gasteiger partial charge in [0.15, 0.2) is 0 Å². The van der Waals surface area contributed by atoms with Gasteiger partial charge in [0, 0.05) is 36.6 Å². The number of halogens is 3. The van der Waals surface area contributed by atoms with E-state index in [1.54, 1.807) is 24.4 Å². The first-order valence-corrected chi connectivity index (χ1v) is 10.4. The third-order valence-electron chi connectivity index (χ3n) is 5.86. The molecule has 0 bridgehead atoms. The first-order chi connectivity index (χ1) is 15.6. The first-order valence-electron chi connectivity index (χ1n) is 10.4. The molecule has 1 aromatic heterocycles. The maximum Gasteiger partial charge on any atom is 0.573 e. The second-order valence-corrected chi connectivity index (χ2v) is 8.41. The molecule has 1 fully saturated rings. The molecule has 0 saturated heterocycles. The minimum atomic E-state index is -4.76.